The van der Waals surface area contributed by atoms with Gasteiger partial charge in [-0.3, -0.25) is 9.69 Å². The molecule has 1 saturated heterocycles. The first kappa shape index (κ1) is 25.3. The van der Waals surface area contributed by atoms with Gasteiger partial charge in [0, 0.05) is 36.7 Å². The van der Waals surface area contributed by atoms with Gasteiger partial charge in [0.05, 0.1) is 6.42 Å². The Kier molecular flexibility index (Phi) is 7.00. The topological polar surface area (TPSA) is 53.0 Å². The molecule has 0 unspecified atom stereocenters. The van der Waals surface area contributed by atoms with Crippen molar-refractivity contribution in [2.75, 3.05) is 31.6 Å². The molecule has 1 N–H and O–H groups in total. The van der Waals surface area contributed by atoms with Crippen LogP contribution in [0.25, 0.3) is 0 Å². The zero-order chi connectivity index (χ0) is 26.0. The van der Waals surface area contributed by atoms with Crippen molar-refractivity contribution in [2.45, 2.75) is 57.1 Å². The van der Waals surface area contributed by atoms with Gasteiger partial charge in [0.2, 0.25) is 0 Å². The van der Waals surface area contributed by atoms with E-state index in [1.54, 1.807) is 5.56 Å². The Morgan fingerprint density at radius 2 is 1.59 bits per heavy atom. The molecule has 0 atom stereocenters. The van der Waals surface area contributed by atoms with Crippen LogP contribution in [0.2, 0.25) is 0 Å². The molecular weight excluding hydrogens is 460 g/mol. The van der Waals surface area contributed by atoms with Crippen LogP contribution in [0, 0.1) is 0 Å². The minimum Gasteiger partial charge on any atom is -0.489 e. The van der Waals surface area contributed by atoms with Gasteiger partial charge in [-0.2, -0.15) is 0 Å². The van der Waals surface area contributed by atoms with Crippen LogP contribution in [0.15, 0.2) is 72.8 Å². The molecule has 2 aliphatic heterocycles. The monoisotopic (exact) mass is 498 g/mol. The normalized spacial score (nSPS) is 17.1. The molecule has 1 spiro atoms. The summed E-state index contributed by atoms with van der Waals surface area (Å²) >= 11 is 0. The van der Waals surface area contributed by atoms with Gasteiger partial charge in [0.15, 0.2) is 0 Å². The van der Waals surface area contributed by atoms with E-state index in [9.17, 15) is 4.79 Å². The number of benzene rings is 3. The molecule has 37 heavy (non-hydrogen) atoms. The zero-order valence-electron chi connectivity index (χ0n) is 22.2. The second kappa shape index (κ2) is 10.2. The van der Waals surface area contributed by atoms with E-state index in [2.05, 4.69) is 65.4 Å². The Morgan fingerprint density at radius 1 is 0.946 bits per heavy atom. The summed E-state index contributed by atoms with van der Waals surface area (Å²) in [6.07, 6.45) is 2.53. The molecule has 5 nitrogen and oxygen atoms in total. The predicted molar refractivity (Wildman–Crippen MR) is 148 cm³/mol. The Morgan fingerprint density at radius 3 is 2.27 bits per heavy atom. The highest BCUT2D eigenvalue weighted by Crippen LogP contribution is 2.46. The first-order valence-corrected chi connectivity index (χ1v) is 13.3. The molecule has 5 heteroatoms. The summed E-state index contributed by atoms with van der Waals surface area (Å²) in [5, 5.41) is 9.14. The summed E-state index contributed by atoms with van der Waals surface area (Å²) in [6, 6.07) is 25.5. The van der Waals surface area contributed by atoms with Crippen molar-refractivity contribution in [2.24, 2.45) is 0 Å². The summed E-state index contributed by atoms with van der Waals surface area (Å²) in [5.74, 6) is 0.00530. The molecule has 0 aliphatic carbocycles. The van der Waals surface area contributed by atoms with Gasteiger partial charge in [-0.1, -0.05) is 68.4 Å². The fraction of sp³-hybridized carbons (Fsp3) is 0.406. The summed E-state index contributed by atoms with van der Waals surface area (Å²) in [7, 11) is 2.23. The fourth-order valence-electron chi connectivity index (χ4n) is 6.09. The lowest BCUT2D eigenvalue weighted by atomic mass is 9.74. The van der Waals surface area contributed by atoms with Crippen molar-refractivity contribution in [3.8, 4) is 5.75 Å². The molecule has 3 aromatic rings. The highest BCUT2D eigenvalue weighted by molar-refractivity contribution is 5.69. The first-order valence-electron chi connectivity index (χ1n) is 13.3. The minimum atomic E-state index is -0.787. The fourth-order valence-corrected chi connectivity index (χ4v) is 6.09. The number of hydrogen-bond donors (Lipinski definition) is 1. The van der Waals surface area contributed by atoms with Gasteiger partial charge in [-0.05, 0) is 66.4 Å². The highest BCUT2D eigenvalue weighted by Gasteiger charge is 2.43. The molecule has 0 saturated carbocycles. The van der Waals surface area contributed by atoms with Crippen LogP contribution in [0.5, 0.6) is 5.75 Å². The zero-order valence-corrected chi connectivity index (χ0v) is 22.2. The van der Waals surface area contributed by atoms with Gasteiger partial charge in [-0.15, -0.1) is 0 Å². The third-order valence-corrected chi connectivity index (χ3v) is 8.30. The second-order valence-electron chi connectivity index (χ2n) is 11.5. The SMILES string of the molecule is CN1CC2(CCN(Cc3ccc(COc4ccc(C(C)(C)CC(=O)O)cc4)cc3)CC2)c2ccccc21. The van der Waals surface area contributed by atoms with Crippen molar-refractivity contribution < 1.29 is 14.6 Å². The molecule has 5 rings (SSSR count). The van der Waals surface area contributed by atoms with Crippen LogP contribution in [0.1, 0.15) is 55.4 Å². The number of likely N-dealkylation sites (tertiary alicyclic amines) is 1. The second-order valence-corrected chi connectivity index (χ2v) is 11.5. The third-order valence-electron chi connectivity index (χ3n) is 8.30. The van der Waals surface area contributed by atoms with E-state index in [0.29, 0.717) is 12.0 Å². The van der Waals surface area contributed by atoms with Gasteiger partial charge in [0.25, 0.3) is 0 Å². The molecule has 194 valence electrons. The number of fused-ring (bicyclic) bond motifs is 2. The van der Waals surface area contributed by atoms with E-state index in [1.807, 2.05) is 38.1 Å². The van der Waals surface area contributed by atoms with Crippen LogP contribution < -0.4 is 9.64 Å². The maximum absolute atomic E-state index is 11.1. The van der Waals surface area contributed by atoms with Crippen LogP contribution >= 0.6 is 0 Å². The lowest BCUT2D eigenvalue weighted by molar-refractivity contribution is -0.138. The molecular formula is C32H38N2O3. The Labute approximate surface area is 220 Å². The Balaban J connectivity index is 1.12. The van der Waals surface area contributed by atoms with Crippen molar-refractivity contribution >= 4 is 11.7 Å². The average Bonchev–Trinajstić information content (AvgIpc) is 3.16. The predicted octanol–water partition coefficient (Wildman–Crippen LogP) is 6.00. The maximum Gasteiger partial charge on any atom is 0.304 e. The van der Waals surface area contributed by atoms with Gasteiger partial charge in [-0.25, -0.2) is 0 Å². The number of aliphatic carboxylic acids is 1. The quantitative estimate of drug-likeness (QED) is 0.413. The number of carboxylic acids is 1. The summed E-state index contributed by atoms with van der Waals surface area (Å²) < 4.78 is 5.99. The number of para-hydroxylation sites is 1. The summed E-state index contributed by atoms with van der Waals surface area (Å²) in [6.45, 7) is 8.80. The minimum absolute atomic E-state index is 0.100. The van der Waals surface area contributed by atoms with Crippen molar-refractivity contribution in [1.29, 1.82) is 0 Å². The average molecular weight is 499 g/mol. The Bertz CT molecular complexity index is 1230. The van der Waals surface area contributed by atoms with Crippen molar-refractivity contribution in [3.05, 3.63) is 95.1 Å². The van der Waals surface area contributed by atoms with Gasteiger partial charge >= 0.3 is 5.97 Å². The molecule has 0 amide bonds. The van der Waals surface area contributed by atoms with Crippen LogP contribution in [0.4, 0.5) is 5.69 Å². The Hall–Kier alpha value is -3.31. The number of carbonyl (C=O) groups is 1. The number of likely N-dealkylation sites (N-methyl/N-ethyl adjacent to an activating group) is 1. The molecule has 2 heterocycles. The molecule has 0 radical (unpaired) electrons. The first-order chi connectivity index (χ1) is 17.7. The van der Waals surface area contributed by atoms with Gasteiger partial charge < -0.3 is 14.7 Å². The lowest BCUT2D eigenvalue weighted by Crippen LogP contribution is -2.44. The molecule has 2 aliphatic rings. The van der Waals surface area contributed by atoms with Crippen molar-refractivity contribution in [1.82, 2.24) is 4.90 Å². The number of nitrogens with zero attached hydrogens (tertiary/aromatic N) is 2. The number of carboxylic acid groups (broad SMARTS) is 1. The largest absolute Gasteiger partial charge is 0.489 e. The lowest BCUT2D eigenvalue weighted by Gasteiger charge is -2.40. The van der Waals surface area contributed by atoms with E-state index in [4.69, 9.17) is 9.84 Å². The molecule has 3 aromatic carbocycles. The van der Waals surface area contributed by atoms with Crippen LogP contribution in [0.3, 0.4) is 0 Å². The standard InChI is InChI=1S/C32H38N2O3/c1-31(2,20-30(35)36)26-12-14-27(15-13-26)37-22-25-10-8-24(9-11-25)21-34-18-16-32(17-19-34)23-33(3)29-7-5-4-6-28(29)32/h4-15H,16-23H2,1-3H3,(H,35,36). The maximum atomic E-state index is 11.1. The highest BCUT2D eigenvalue weighted by atomic mass is 16.5. The molecule has 0 bridgehead atoms. The summed E-state index contributed by atoms with van der Waals surface area (Å²) in [5.41, 5.74) is 6.34. The number of ether oxygens (including phenoxy) is 1. The van der Waals surface area contributed by atoms with Gasteiger partial charge in [0.1, 0.15) is 12.4 Å². The molecule has 1 fully saturated rings. The number of hydrogen-bond acceptors (Lipinski definition) is 4. The van der Waals surface area contributed by atoms with E-state index >= 15 is 0 Å². The van der Waals surface area contributed by atoms with E-state index in [-0.39, 0.29) is 6.42 Å². The van der Waals surface area contributed by atoms with Crippen molar-refractivity contribution in [3.63, 3.8) is 0 Å². The van der Waals surface area contributed by atoms with Crippen LogP contribution in [-0.2, 0) is 28.8 Å². The van der Waals surface area contributed by atoms with E-state index in [0.717, 1.165) is 43.1 Å². The summed E-state index contributed by atoms with van der Waals surface area (Å²) in [4.78, 5) is 16.1. The number of piperidine rings is 1. The number of rotatable bonds is 8. The third kappa shape index (κ3) is 5.52. The van der Waals surface area contributed by atoms with E-state index < -0.39 is 11.4 Å². The van der Waals surface area contributed by atoms with E-state index in [1.165, 1.54) is 24.1 Å². The number of anilines is 1. The smallest absolute Gasteiger partial charge is 0.304 e. The molecule has 0 aromatic heterocycles. The van der Waals surface area contributed by atoms with Crippen LogP contribution in [-0.4, -0.2) is 42.7 Å².